The summed E-state index contributed by atoms with van der Waals surface area (Å²) < 4.78 is 5.43. The van der Waals surface area contributed by atoms with Gasteiger partial charge >= 0.3 is 0 Å². The molecule has 0 aromatic rings. The van der Waals surface area contributed by atoms with Gasteiger partial charge in [-0.05, 0) is 18.8 Å². The Balaban J connectivity index is 2.10. The van der Waals surface area contributed by atoms with Gasteiger partial charge in [0.25, 0.3) is 0 Å². The van der Waals surface area contributed by atoms with Crippen LogP contribution < -0.4 is 0 Å². The van der Waals surface area contributed by atoms with Crippen molar-refractivity contribution in [3.05, 3.63) is 0 Å². The van der Waals surface area contributed by atoms with E-state index in [4.69, 9.17) is 4.74 Å². The Morgan fingerprint density at radius 1 is 1.38 bits per heavy atom. The van der Waals surface area contributed by atoms with Gasteiger partial charge in [-0.25, -0.2) is 0 Å². The molecule has 0 aromatic carbocycles. The number of ether oxygens (including phenoxy) is 1. The zero-order valence-electron chi connectivity index (χ0n) is 8.99. The predicted molar refractivity (Wildman–Crippen MR) is 53.6 cm³/mol. The van der Waals surface area contributed by atoms with E-state index in [1.807, 2.05) is 0 Å². The zero-order chi connectivity index (χ0) is 9.84. The van der Waals surface area contributed by atoms with E-state index in [2.05, 4.69) is 20.8 Å². The molecule has 13 heavy (non-hydrogen) atoms. The summed E-state index contributed by atoms with van der Waals surface area (Å²) >= 11 is 0. The first-order valence-electron chi connectivity index (χ1n) is 5.48. The van der Waals surface area contributed by atoms with Crippen LogP contribution in [0.5, 0.6) is 0 Å². The Labute approximate surface area is 81.3 Å². The molecule has 0 aliphatic carbocycles. The van der Waals surface area contributed by atoms with Crippen LogP contribution in [0.25, 0.3) is 0 Å². The fourth-order valence-electron chi connectivity index (χ4n) is 1.75. The molecule has 2 heteroatoms. The quantitative estimate of drug-likeness (QED) is 0.646. The van der Waals surface area contributed by atoms with Crippen LogP contribution in [-0.2, 0) is 4.74 Å². The molecule has 1 heterocycles. The van der Waals surface area contributed by atoms with Crippen molar-refractivity contribution < 1.29 is 9.84 Å². The molecule has 3 atom stereocenters. The van der Waals surface area contributed by atoms with Crippen molar-refractivity contribution in [2.45, 2.75) is 64.8 Å². The summed E-state index contributed by atoms with van der Waals surface area (Å²) in [6.07, 6.45) is 4.69. The molecule has 0 radical (unpaired) electrons. The van der Waals surface area contributed by atoms with Crippen LogP contribution in [0.1, 0.15) is 46.5 Å². The molecule has 1 rings (SSSR count). The van der Waals surface area contributed by atoms with E-state index < -0.39 is 0 Å². The van der Waals surface area contributed by atoms with Crippen molar-refractivity contribution in [2.24, 2.45) is 5.92 Å². The summed E-state index contributed by atoms with van der Waals surface area (Å²) in [6, 6.07) is 0. The molecule has 0 spiro atoms. The van der Waals surface area contributed by atoms with E-state index >= 15 is 0 Å². The highest BCUT2D eigenvalue weighted by atomic mass is 16.6. The minimum Gasteiger partial charge on any atom is -0.390 e. The van der Waals surface area contributed by atoms with Gasteiger partial charge in [0.2, 0.25) is 0 Å². The van der Waals surface area contributed by atoms with Gasteiger partial charge in [-0.15, -0.1) is 0 Å². The van der Waals surface area contributed by atoms with Crippen molar-refractivity contribution in [3.63, 3.8) is 0 Å². The molecule has 2 nitrogen and oxygen atoms in total. The third-order valence-electron chi connectivity index (χ3n) is 2.56. The summed E-state index contributed by atoms with van der Waals surface area (Å²) in [5.41, 5.74) is 0. The Hall–Kier alpha value is -0.0800. The van der Waals surface area contributed by atoms with Gasteiger partial charge in [-0.2, -0.15) is 0 Å². The summed E-state index contributed by atoms with van der Waals surface area (Å²) in [4.78, 5) is 0. The van der Waals surface area contributed by atoms with E-state index in [-0.39, 0.29) is 12.2 Å². The van der Waals surface area contributed by atoms with Gasteiger partial charge in [-0.1, -0.05) is 33.6 Å². The molecule has 1 aliphatic heterocycles. The third kappa shape index (κ3) is 3.65. The molecular formula is C11H22O2. The maximum Gasteiger partial charge on any atom is 0.110 e. The predicted octanol–water partition coefficient (Wildman–Crippen LogP) is 2.35. The first-order valence-corrected chi connectivity index (χ1v) is 5.48. The van der Waals surface area contributed by atoms with E-state index in [1.54, 1.807) is 0 Å². The van der Waals surface area contributed by atoms with Crippen molar-refractivity contribution in [1.29, 1.82) is 0 Å². The Kier molecular flexibility index (Phi) is 4.20. The molecule has 0 unspecified atom stereocenters. The van der Waals surface area contributed by atoms with Crippen LogP contribution in [0, 0.1) is 5.92 Å². The molecule has 0 aromatic heterocycles. The molecule has 78 valence electrons. The molecule has 1 fully saturated rings. The lowest BCUT2D eigenvalue weighted by molar-refractivity contribution is 0.113. The summed E-state index contributed by atoms with van der Waals surface area (Å²) in [5, 5.41) is 9.70. The first-order chi connectivity index (χ1) is 6.15. The molecule has 1 saturated heterocycles. The van der Waals surface area contributed by atoms with Gasteiger partial charge in [0.05, 0.1) is 12.2 Å². The zero-order valence-corrected chi connectivity index (χ0v) is 8.99. The minimum absolute atomic E-state index is 0.147. The molecule has 0 amide bonds. The Morgan fingerprint density at radius 3 is 2.62 bits per heavy atom. The van der Waals surface area contributed by atoms with Crippen LogP contribution in [0.3, 0.4) is 0 Å². The van der Waals surface area contributed by atoms with Crippen LogP contribution in [0.15, 0.2) is 0 Å². The molecule has 1 N–H and O–H groups in total. The van der Waals surface area contributed by atoms with Gasteiger partial charge in [0.15, 0.2) is 0 Å². The van der Waals surface area contributed by atoms with Crippen LogP contribution in [-0.4, -0.2) is 23.4 Å². The average molecular weight is 186 g/mol. The molecule has 0 saturated carbocycles. The summed E-state index contributed by atoms with van der Waals surface area (Å²) in [5.74, 6) is 0.561. The highest BCUT2D eigenvalue weighted by Crippen LogP contribution is 2.32. The Morgan fingerprint density at radius 2 is 2.08 bits per heavy atom. The smallest absolute Gasteiger partial charge is 0.110 e. The standard InChI is InChI=1S/C11H22O2/c1-4-5-6-10-11(13-10)9(12)7-8(2)3/h8-12H,4-7H2,1-3H3/t9-,10-,11+/m0/s1. The van der Waals surface area contributed by atoms with Crippen molar-refractivity contribution in [2.75, 3.05) is 0 Å². The summed E-state index contributed by atoms with van der Waals surface area (Å²) in [6.45, 7) is 6.45. The number of hydrogen-bond donors (Lipinski definition) is 1. The topological polar surface area (TPSA) is 32.8 Å². The maximum atomic E-state index is 9.70. The number of unbranched alkanes of at least 4 members (excludes halogenated alkanes) is 1. The normalized spacial score (nSPS) is 29.3. The molecular weight excluding hydrogens is 164 g/mol. The lowest BCUT2D eigenvalue weighted by atomic mass is 10.0. The number of epoxide rings is 1. The van der Waals surface area contributed by atoms with E-state index in [0.717, 1.165) is 12.8 Å². The fourth-order valence-corrected chi connectivity index (χ4v) is 1.75. The van der Waals surface area contributed by atoms with Gasteiger partial charge < -0.3 is 9.84 Å². The lowest BCUT2D eigenvalue weighted by Crippen LogP contribution is -2.19. The van der Waals surface area contributed by atoms with Gasteiger partial charge in [0.1, 0.15) is 6.10 Å². The number of hydrogen-bond acceptors (Lipinski definition) is 2. The fraction of sp³-hybridized carbons (Fsp3) is 1.00. The first kappa shape index (κ1) is 11.0. The SMILES string of the molecule is CCCC[C@@H]1O[C@@H]1[C@@H](O)CC(C)C. The van der Waals surface area contributed by atoms with Gasteiger partial charge in [-0.3, -0.25) is 0 Å². The molecule has 1 aliphatic rings. The van der Waals surface area contributed by atoms with Crippen LogP contribution >= 0.6 is 0 Å². The average Bonchev–Trinajstić information content (AvgIpc) is 2.78. The number of aliphatic hydroxyl groups is 1. The van der Waals surface area contributed by atoms with Crippen LogP contribution in [0.2, 0.25) is 0 Å². The Bertz CT molecular complexity index is 145. The largest absolute Gasteiger partial charge is 0.390 e. The molecule has 0 bridgehead atoms. The highest BCUT2D eigenvalue weighted by molar-refractivity contribution is 4.90. The van der Waals surface area contributed by atoms with E-state index in [0.29, 0.717) is 12.0 Å². The second-order valence-electron chi connectivity index (χ2n) is 4.48. The second kappa shape index (κ2) is 4.97. The van der Waals surface area contributed by atoms with E-state index in [9.17, 15) is 5.11 Å². The van der Waals surface area contributed by atoms with Crippen molar-refractivity contribution >= 4 is 0 Å². The van der Waals surface area contributed by atoms with Crippen molar-refractivity contribution in [3.8, 4) is 0 Å². The number of rotatable bonds is 6. The van der Waals surface area contributed by atoms with Crippen molar-refractivity contribution in [1.82, 2.24) is 0 Å². The van der Waals surface area contributed by atoms with E-state index in [1.165, 1.54) is 12.8 Å². The second-order valence-corrected chi connectivity index (χ2v) is 4.48. The maximum absolute atomic E-state index is 9.70. The van der Waals surface area contributed by atoms with Crippen LogP contribution in [0.4, 0.5) is 0 Å². The lowest BCUT2D eigenvalue weighted by Gasteiger charge is -2.09. The minimum atomic E-state index is -0.234. The number of aliphatic hydroxyl groups excluding tert-OH is 1. The third-order valence-corrected chi connectivity index (χ3v) is 2.56. The summed E-state index contributed by atoms with van der Waals surface area (Å²) in [7, 11) is 0. The monoisotopic (exact) mass is 186 g/mol. The highest BCUT2D eigenvalue weighted by Gasteiger charge is 2.43. The van der Waals surface area contributed by atoms with Gasteiger partial charge in [0, 0.05) is 0 Å².